The van der Waals surface area contributed by atoms with E-state index in [1.807, 2.05) is 18.2 Å². The van der Waals surface area contributed by atoms with E-state index in [0.717, 1.165) is 12.1 Å². The van der Waals surface area contributed by atoms with Gasteiger partial charge in [0.15, 0.2) is 6.10 Å². The van der Waals surface area contributed by atoms with Crippen LogP contribution in [-0.2, 0) is 11.3 Å². The molecule has 5 heteroatoms. The van der Waals surface area contributed by atoms with Crippen molar-refractivity contribution in [2.24, 2.45) is 0 Å². The average molecular weight is 283 g/mol. The molecule has 0 radical (unpaired) electrons. The lowest BCUT2D eigenvalue weighted by Crippen LogP contribution is -2.33. The molecule has 1 unspecified atom stereocenters. The van der Waals surface area contributed by atoms with Crippen LogP contribution in [0.1, 0.15) is 25.3 Å². The minimum atomic E-state index is -0.557. The molecule has 4 nitrogen and oxygen atoms in total. The summed E-state index contributed by atoms with van der Waals surface area (Å²) < 4.78 is 5.53. The maximum absolute atomic E-state index is 11.4. The molecule has 0 saturated heterocycles. The van der Waals surface area contributed by atoms with Gasteiger partial charge in [0.05, 0.1) is 5.02 Å². The van der Waals surface area contributed by atoms with E-state index in [4.69, 9.17) is 16.3 Å². The first-order valence-electron chi connectivity index (χ1n) is 6.50. The van der Waals surface area contributed by atoms with Crippen molar-refractivity contribution in [2.45, 2.75) is 38.5 Å². The summed E-state index contributed by atoms with van der Waals surface area (Å²) in [7, 11) is 1.58. The molecule has 0 spiro atoms. The van der Waals surface area contributed by atoms with Crippen molar-refractivity contribution in [1.29, 1.82) is 0 Å². The molecule has 1 aromatic rings. The zero-order valence-electron chi connectivity index (χ0n) is 11.2. The number of carbonyl (C=O) groups excluding carboxylic acids is 1. The Kier molecular flexibility index (Phi) is 4.66. The van der Waals surface area contributed by atoms with Crippen molar-refractivity contribution in [3.05, 3.63) is 28.8 Å². The van der Waals surface area contributed by atoms with Crippen molar-refractivity contribution in [2.75, 3.05) is 7.05 Å². The lowest BCUT2D eigenvalue weighted by molar-refractivity contribution is -0.126. The second-order valence-corrected chi connectivity index (χ2v) is 5.20. The van der Waals surface area contributed by atoms with Gasteiger partial charge in [-0.15, -0.1) is 0 Å². The monoisotopic (exact) mass is 282 g/mol. The van der Waals surface area contributed by atoms with Gasteiger partial charge in [-0.1, -0.05) is 17.7 Å². The number of likely N-dealkylation sites (N-methyl/N-ethyl adjacent to an activating group) is 1. The summed E-state index contributed by atoms with van der Waals surface area (Å²) in [5.41, 5.74) is 1.12. The molecule has 2 N–H and O–H groups in total. The van der Waals surface area contributed by atoms with Crippen LogP contribution in [-0.4, -0.2) is 25.1 Å². The van der Waals surface area contributed by atoms with Gasteiger partial charge in [-0.25, -0.2) is 0 Å². The molecule has 19 heavy (non-hydrogen) atoms. The highest BCUT2D eigenvalue weighted by molar-refractivity contribution is 6.32. The van der Waals surface area contributed by atoms with Crippen LogP contribution in [0.4, 0.5) is 0 Å². The second-order valence-electron chi connectivity index (χ2n) is 4.79. The predicted octanol–water partition coefficient (Wildman–Crippen LogP) is 2.11. The number of halogens is 1. The van der Waals surface area contributed by atoms with Crippen molar-refractivity contribution in [3.63, 3.8) is 0 Å². The number of benzene rings is 1. The van der Waals surface area contributed by atoms with E-state index in [9.17, 15) is 4.79 Å². The SMILES string of the molecule is CNC(=O)C(C)Oc1ccc(CNC2CC2)cc1Cl. The fourth-order valence-corrected chi connectivity index (χ4v) is 1.99. The second kappa shape index (κ2) is 6.26. The summed E-state index contributed by atoms with van der Waals surface area (Å²) in [5.74, 6) is 0.364. The summed E-state index contributed by atoms with van der Waals surface area (Å²) in [6.07, 6.45) is 1.97. The molecule has 2 rings (SSSR count). The van der Waals surface area contributed by atoms with Crippen LogP contribution in [0.2, 0.25) is 5.02 Å². The van der Waals surface area contributed by atoms with Gasteiger partial charge in [-0.3, -0.25) is 4.79 Å². The zero-order valence-corrected chi connectivity index (χ0v) is 12.0. The van der Waals surface area contributed by atoms with E-state index in [1.165, 1.54) is 12.8 Å². The van der Waals surface area contributed by atoms with Gasteiger partial charge in [0.25, 0.3) is 5.91 Å². The van der Waals surface area contributed by atoms with Crippen molar-refractivity contribution in [3.8, 4) is 5.75 Å². The van der Waals surface area contributed by atoms with Crippen molar-refractivity contribution < 1.29 is 9.53 Å². The van der Waals surface area contributed by atoms with E-state index in [1.54, 1.807) is 14.0 Å². The standard InChI is InChI=1S/C14H19ClN2O2/c1-9(14(18)16-2)19-13-6-3-10(7-12(13)15)8-17-11-4-5-11/h3,6-7,9,11,17H,4-5,8H2,1-2H3,(H,16,18). The first kappa shape index (κ1) is 14.2. The third-order valence-electron chi connectivity index (χ3n) is 3.09. The molecule has 0 bridgehead atoms. The smallest absolute Gasteiger partial charge is 0.260 e. The fraction of sp³-hybridized carbons (Fsp3) is 0.500. The minimum Gasteiger partial charge on any atom is -0.479 e. The third kappa shape index (κ3) is 4.11. The van der Waals surface area contributed by atoms with Gasteiger partial charge in [-0.2, -0.15) is 0 Å². The molecular formula is C14H19ClN2O2. The normalized spacial score (nSPS) is 15.9. The number of rotatable bonds is 6. The molecule has 1 saturated carbocycles. The summed E-state index contributed by atoms with van der Waals surface area (Å²) in [4.78, 5) is 11.4. The number of ether oxygens (including phenoxy) is 1. The van der Waals surface area contributed by atoms with Crippen molar-refractivity contribution >= 4 is 17.5 Å². The van der Waals surface area contributed by atoms with Crippen LogP contribution in [0.15, 0.2) is 18.2 Å². The van der Waals surface area contributed by atoms with Crippen LogP contribution in [0.25, 0.3) is 0 Å². The summed E-state index contributed by atoms with van der Waals surface area (Å²) >= 11 is 6.17. The molecule has 1 amide bonds. The van der Waals surface area contributed by atoms with Crippen molar-refractivity contribution in [1.82, 2.24) is 10.6 Å². The van der Waals surface area contributed by atoms with E-state index in [2.05, 4.69) is 10.6 Å². The van der Waals surface area contributed by atoms with Crippen LogP contribution in [0.3, 0.4) is 0 Å². The number of nitrogens with one attached hydrogen (secondary N) is 2. The first-order valence-corrected chi connectivity index (χ1v) is 6.88. The Bertz CT molecular complexity index is 461. The molecule has 1 aliphatic rings. The quantitative estimate of drug-likeness (QED) is 0.840. The fourth-order valence-electron chi connectivity index (χ4n) is 1.75. The van der Waals surface area contributed by atoms with Gasteiger partial charge in [0, 0.05) is 19.6 Å². The lowest BCUT2D eigenvalue weighted by atomic mass is 10.2. The first-order chi connectivity index (χ1) is 9.10. The van der Waals surface area contributed by atoms with Crippen LogP contribution in [0.5, 0.6) is 5.75 Å². The average Bonchev–Trinajstić information content (AvgIpc) is 3.22. The summed E-state index contributed by atoms with van der Waals surface area (Å²) in [6.45, 7) is 2.51. The van der Waals surface area contributed by atoms with Gasteiger partial charge >= 0.3 is 0 Å². The Labute approximate surface area is 118 Å². The Hall–Kier alpha value is -1.26. The highest BCUT2D eigenvalue weighted by Gasteiger charge is 2.20. The number of amides is 1. The van der Waals surface area contributed by atoms with E-state index < -0.39 is 6.10 Å². The van der Waals surface area contributed by atoms with Gasteiger partial charge < -0.3 is 15.4 Å². The Morgan fingerprint density at radius 1 is 1.53 bits per heavy atom. The third-order valence-corrected chi connectivity index (χ3v) is 3.38. The minimum absolute atomic E-state index is 0.171. The van der Waals surface area contributed by atoms with Crippen LogP contribution < -0.4 is 15.4 Å². The molecular weight excluding hydrogens is 264 g/mol. The lowest BCUT2D eigenvalue weighted by Gasteiger charge is -2.15. The Morgan fingerprint density at radius 2 is 2.26 bits per heavy atom. The van der Waals surface area contributed by atoms with Gasteiger partial charge in [0.1, 0.15) is 5.75 Å². The zero-order chi connectivity index (χ0) is 13.8. The molecule has 0 aliphatic heterocycles. The molecule has 1 fully saturated rings. The van der Waals surface area contributed by atoms with Gasteiger partial charge in [-0.05, 0) is 37.5 Å². The van der Waals surface area contributed by atoms with Crippen LogP contribution in [0, 0.1) is 0 Å². The molecule has 1 atom stereocenters. The van der Waals surface area contributed by atoms with Gasteiger partial charge in [0.2, 0.25) is 0 Å². The summed E-state index contributed by atoms with van der Waals surface area (Å²) in [5, 5.41) is 6.50. The highest BCUT2D eigenvalue weighted by atomic mass is 35.5. The molecule has 1 aromatic carbocycles. The number of carbonyl (C=O) groups is 1. The van der Waals surface area contributed by atoms with E-state index in [0.29, 0.717) is 16.8 Å². The number of hydrogen-bond acceptors (Lipinski definition) is 3. The molecule has 1 aliphatic carbocycles. The Balaban J connectivity index is 1.95. The van der Waals surface area contributed by atoms with E-state index >= 15 is 0 Å². The predicted molar refractivity (Wildman–Crippen MR) is 75.5 cm³/mol. The largest absolute Gasteiger partial charge is 0.479 e. The van der Waals surface area contributed by atoms with Crippen LogP contribution >= 0.6 is 11.6 Å². The maximum atomic E-state index is 11.4. The molecule has 104 valence electrons. The topological polar surface area (TPSA) is 50.4 Å². The van der Waals surface area contributed by atoms with E-state index in [-0.39, 0.29) is 5.91 Å². The number of hydrogen-bond donors (Lipinski definition) is 2. The summed E-state index contributed by atoms with van der Waals surface area (Å²) in [6, 6.07) is 6.32. The Morgan fingerprint density at radius 3 is 2.84 bits per heavy atom. The molecule has 0 aromatic heterocycles. The maximum Gasteiger partial charge on any atom is 0.260 e. The molecule has 0 heterocycles. The highest BCUT2D eigenvalue weighted by Crippen LogP contribution is 2.27.